The van der Waals surface area contributed by atoms with Gasteiger partial charge < -0.3 is 5.11 Å². The third kappa shape index (κ3) is 2.56. The van der Waals surface area contributed by atoms with Gasteiger partial charge in [0.15, 0.2) is 0 Å². The molecule has 3 rings (SSSR count). The zero-order valence-electron chi connectivity index (χ0n) is 11.5. The highest BCUT2D eigenvalue weighted by Crippen LogP contribution is 2.25. The van der Waals surface area contributed by atoms with E-state index in [-0.39, 0.29) is 0 Å². The first kappa shape index (κ1) is 13.1. The van der Waals surface area contributed by atoms with E-state index in [0.717, 1.165) is 34.2 Å². The summed E-state index contributed by atoms with van der Waals surface area (Å²) in [4.78, 5) is 15.4. The van der Waals surface area contributed by atoms with Crippen molar-refractivity contribution in [1.82, 2.24) is 9.38 Å². The van der Waals surface area contributed by atoms with Crippen molar-refractivity contribution >= 4 is 17.7 Å². The lowest BCUT2D eigenvalue weighted by molar-refractivity contribution is -0.131. The van der Waals surface area contributed by atoms with Gasteiger partial charge in [0.25, 0.3) is 0 Å². The van der Waals surface area contributed by atoms with Crippen LogP contribution in [0.4, 0.5) is 0 Å². The standard InChI is InChI=1S/C17H14N2O2/c1-12-7-9-15-18-17(13-5-3-2-4-6-13)14(19(15)11-12)8-10-16(20)21/h2-11H,1H3,(H,20,21). The molecule has 0 unspecified atom stereocenters. The normalized spacial score (nSPS) is 11.3. The van der Waals surface area contributed by atoms with E-state index in [1.807, 2.05) is 60.0 Å². The number of carboxylic acids is 1. The maximum absolute atomic E-state index is 10.8. The highest BCUT2D eigenvalue weighted by Gasteiger charge is 2.12. The van der Waals surface area contributed by atoms with Gasteiger partial charge >= 0.3 is 5.97 Å². The number of imidazole rings is 1. The highest BCUT2D eigenvalue weighted by molar-refractivity contribution is 5.87. The van der Waals surface area contributed by atoms with E-state index < -0.39 is 5.97 Å². The number of aliphatic carboxylic acids is 1. The van der Waals surface area contributed by atoms with E-state index in [1.54, 1.807) is 6.08 Å². The third-order valence-electron chi connectivity index (χ3n) is 3.23. The summed E-state index contributed by atoms with van der Waals surface area (Å²) < 4.78 is 1.91. The first-order valence-corrected chi connectivity index (χ1v) is 6.60. The SMILES string of the molecule is Cc1ccc2nc(-c3ccccc3)c(C=CC(=O)O)n2c1. The fourth-order valence-corrected chi connectivity index (χ4v) is 2.29. The van der Waals surface area contributed by atoms with Crippen molar-refractivity contribution < 1.29 is 9.90 Å². The first-order chi connectivity index (χ1) is 10.1. The van der Waals surface area contributed by atoms with Crippen LogP contribution in [-0.4, -0.2) is 20.5 Å². The number of fused-ring (bicyclic) bond motifs is 1. The molecule has 0 aliphatic rings. The van der Waals surface area contributed by atoms with Gasteiger partial charge in [-0.25, -0.2) is 9.78 Å². The lowest BCUT2D eigenvalue weighted by atomic mass is 10.1. The molecular formula is C17H14N2O2. The van der Waals surface area contributed by atoms with Crippen molar-refractivity contribution in [3.8, 4) is 11.3 Å². The first-order valence-electron chi connectivity index (χ1n) is 6.60. The fraction of sp³-hybridized carbons (Fsp3) is 0.0588. The zero-order valence-corrected chi connectivity index (χ0v) is 11.5. The molecule has 2 aromatic heterocycles. The largest absolute Gasteiger partial charge is 0.478 e. The number of carbonyl (C=O) groups is 1. The van der Waals surface area contributed by atoms with Crippen LogP contribution in [0.5, 0.6) is 0 Å². The van der Waals surface area contributed by atoms with Crippen LogP contribution >= 0.6 is 0 Å². The summed E-state index contributed by atoms with van der Waals surface area (Å²) >= 11 is 0. The van der Waals surface area contributed by atoms with Crippen LogP contribution in [0.3, 0.4) is 0 Å². The second kappa shape index (κ2) is 5.25. The molecule has 21 heavy (non-hydrogen) atoms. The third-order valence-corrected chi connectivity index (χ3v) is 3.23. The molecule has 0 aliphatic heterocycles. The van der Waals surface area contributed by atoms with Gasteiger partial charge in [-0.3, -0.25) is 4.40 Å². The maximum Gasteiger partial charge on any atom is 0.328 e. The van der Waals surface area contributed by atoms with Crippen LogP contribution in [0.1, 0.15) is 11.3 Å². The van der Waals surface area contributed by atoms with Crippen molar-refractivity contribution in [2.45, 2.75) is 6.92 Å². The summed E-state index contributed by atoms with van der Waals surface area (Å²) in [6, 6.07) is 13.7. The van der Waals surface area contributed by atoms with E-state index in [1.165, 1.54) is 0 Å². The molecule has 0 aliphatic carbocycles. The van der Waals surface area contributed by atoms with Gasteiger partial charge in [-0.2, -0.15) is 0 Å². The second-order valence-corrected chi connectivity index (χ2v) is 4.82. The lowest BCUT2D eigenvalue weighted by Crippen LogP contribution is -1.91. The summed E-state index contributed by atoms with van der Waals surface area (Å²) in [5, 5.41) is 8.88. The Morgan fingerprint density at radius 2 is 1.95 bits per heavy atom. The monoisotopic (exact) mass is 278 g/mol. The lowest BCUT2D eigenvalue weighted by Gasteiger charge is -2.01. The Balaban J connectivity index is 2.28. The van der Waals surface area contributed by atoms with Crippen LogP contribution in [0.2, 0.25) is 0 Å². The fourth-order valence-electron chi connectivity index (χ4n) is 2.29. The molecule has 0 bridgehead atoms. The maximum atomic E-state index is 10.8. The smallest absolute Gasteiger partial charge is 0.328 e. The molecule has 0 amide bonds. The van der Waals surface area contributed by atoms with Crippen molar-refractivity contribution in [2.75, 3.05) is 0 Å². The van der Waals surface area contributed by atoms with Crippen molar-refractivity contribution in [1.29, 1.82) is 0 Å². The van der Waals surface area contributed by atoms with Gasteiger partial charge in [-0.15, -0.1) is 0 Å². The predicted octanol–water partition coefficient (Wildman–Crippen LogP) is 3.41. The average molecular weight is 278 g/mol. The molecule has 0 fully saturated rings. The molecule has 0 spiro atoms. The van der Waals surface area contributed by atoms with E-state index in [9.17, 15) is 4.79 Å². The summed E-state index contributed by atoms with van der Waals surface area (Å²) in [5.74, 6) is -0.975. The zero-order chi connectivity index (χ0) is 14.8. The van der Waals surface area contributed by atoms with E-state index in [0.29, 0.717) is 0 Å². The number of carboxylic acid groups (broad SMARTS) is 1. The minimum absolute atomic E-state index is 0.766. The molecule has 4 nitrogen and oxygen atoms in total. The quantitative estimate of drug-likeness (QED) is 0.747. The molecule has 0 saturated heterocycles. The number of hydrogen-bond donors (Lipinski definition) is 1. The van der Waals surface area contributed by atoms with Crippen molar-refractivity contribution in [2.24, 2.45) is 0 Å². The number of hydrogen-bond acceptors (Lipinski definition) is 2. The van der Waals surface area contributed by atoms with E-state index in [4.69, 9.17) is 5.11 Å². The summed E-state index contributed by atoms with van der Waals surface area (Å²) in [6.07, 6.45) is 4.68. The molecule has 0 saturated carbocycles. The Morgan fingerprint density at radius 3 is 2.67 bits per heavy atom. The van der Waals surface area contributed by atoms with Gasteiger partial charge in [0.05, 0.1) is 11.4 Å². The topological polar surface area (TPSA) is 54.6 Å². The molecule has 104 valence electrons. The molecule has 1 N–H and O–H groups in total. The Morgan fingerprint density at radius 1 is 1.19 bits per heavy atom. The predicted molar refractivity (Wildman–Crippen MR) is 82.0 cm³/mol. The van der Waals surface area contributed by atoms with Gasteiger partial charge in [0.1, 0.15) is 5.65 Å². The Labute approximate surface area is 122 Å². The molecular weight excluding hydrogens is 264 g/mol. The molecule has 0 radical (unpaired) electrons. The van der Waals surface area contributed by atoms with Gasteiger partial charge in [-0.1, -0.05) is 36.4 Å². The molecule has 0 atom stereocenters. The minimum Gasteiger partial charge on any atom is -0.478 e. The average Bonchev–Trinajstić information content (AvgIpc) is 2.84. The summed E-state index contributed by atoms with van der Waals surface area (Å²) in [5.41, 5.74) is 4.39. The van der Waals surface area contributed by atoms with Crippen molar-refractivity contribution in [3.63, 3.8) is 0 Å². The van der Waals surface area contributed by atoms with Crippen LogP contribution < -0.4 is 0 Å². The highest BCUT2D eigenvalue weighted by atomic mass is 16.4. The summed E-state index contributed by atoms with van der Waals surface area (Å²) in [6.45, 7) is 1.99. The Bertz CT molecular complexity index is 833. The van der Waals surface area contributed by atoms with Gasteiger partial charge in [0.2, 0.25) is 0 Å². The van der Waals surface area contributed by atoms with E-state index in [2.05, 4.69) is 4.98 Å². The Kier molecular flexibility index (Phi) is 3.28. The summed E-state index contributed by atoms with van der Waals surface area (Å²) in [7, 11) is 0. The van der Waals surface area contributed by atoms with Crippen molar-refractivity contribution in [3.05, 3.63) is 66.0 Å². The molecule has 3 aromatic rings. The minimum atomic E-state index is -0.975. The molecule has 1 aromatic carbocycles. The number of benzene rings is 1. The number of aryl methyl sites for hydroxylation is 1. The number of rotatable bonds is 3. The number of nitrogens with zero attached hydrogens (tertiary/aromatic N) is 2. The number of aromatic nitrogens is 2. The molecule has 4 heteroatoms. The van der Waals surface area contributed by atoms with E-state index >= 15 is 0 Å². The van der Waals surface area contributed by atoms with Crippen LogP contribution in [0.15, 0.2) is 54.7 Å². The number of pyridine rings is 1. The van der Waals surface area contributed by atoms with Gasteiger partial charge in [0, 0.05) is 17.8 Å². The van der Waals surface area contributed by atoms with Gasteiger partial charge in [-0.05, 0) is 24.6 Å². The Hall–Kier alpha value is -2.88. The van der Waals surface area contributed by atoms with Crippen LogP contribution in [-0.2, 0) is 4.79 Å². The second-order valence-electron chi connectivity index (χ2n) is 4.82. The molecule has 2 heterocycles. The van der Waals surface area contributed by atoms with Crippen LogP contribution in [0.25, 0.3) is 23.0 Å². The van der Waals surface area contributed by atoms with Crippen LogP contribution in [0, 0.1) is 6.92 Å².